The second-order valence-electron chi connectivity index (χ2n) is 2.81. The lowest BCUT2D eigenvalue weighted by atomic mass is 10.1. The first kappa shape index (κ1) is 10.2. The van der Waals surface area contributed by atoms with Crippen LogP contribution in [-0.4, -0.2) is 0 Å². The van der Waals surface area contributed by atoms with Crippen molar-refractivity contribution in [1.82, 2.24) is 0 Å². The Labute approximate surface area is 70.3 Å². The highest BCUT2D eigenvalue weighted by Gasteiger charge is 1.86. The molecule has 0 heterocycles. The minimum absolute atomic E-state index is 0.482. The van der Waals surface area contributed by atoms with Gasteiger partial charge in [0.1, 0.15) is 0 Å². The Balaban J connectivity index is 3.91. The summed E-state index contributed by atoms with van der Waals surface area (Å²) in [5.74, 6) is 0.482. The van der Waals surface area contributed by atoms with Crippen LogP contribution in [0.4, 0.5) is 0 Å². The molecule has 0 bridgehead atoms. The van der Waals surface area contributed by atoms with Crippen LogP contribution in [-0.2, 0) is 0 Å². The zero-order valence-corrected chi connectivity index (χ0v) is 7.80. The van der Waals surface area contributed by atoms with Crippen LogP contribution in [0, 0.1) is 5.92 Å². The molecule has 0 spiro atoms. The van der Waals surface area contributed by atoms with E-state index in [9.17, 15) is 0 Å². The molecule has 0 saturated carbocycles. The summed E-state index contributed by atoms with van der Waals surface area (Å²) in [4.78, 5) is 0. The largest absolute Gasteiger partial charge is 0.102 e. The van der Waals surface area contributed by atoms with Crippen LogP contribution in [0.2, 0.25) is 0 Å². The molecule has 0 fully saturated rings. The Morgan fingerprint density at radius 3 is 2.64 bits per heavy atom. The molecular formula is C11H18. The van der Waals surface area contributed by atoms with Crippen LogP contribution in [0.5, 0.6) is 0 Å². The van der Waals surface area contributed by atoms with E-state index in [-0.39, 0.29) is 0 Å². The second kappa shape index (κ2) is 5.96. The van der Waals surface area contributed by atoms with Crippen molar-refractivity contribution in [1.29, 1.82) is 0 Å². The summed E-state index contributed by atoms with van der Waals surface area (Å²) in [6.07, 6.45) is 9.57. The molecule has 1 atom stereocenters. The van der Waals surface area contributed by atoms with Gasteiger partial charge in [-0.25, -0.2) is 0 Å². The van der Waals surface area contributed by atoms with Crippen LogP contribution in [0.15, 0.2) is 36.5 Å². The van der Waals surface area contributed by atoms with Crippen LogP contribution >= 0.6 is 0 Å². The third kappa shape index (κ3) is 5.65. The van der Waals surface area contributed by atoms with E-state index < -0.39 is 0 Å². The van der Waals surface area contributed by atoms with E-state index in [1.807, 2.05) is 6.08 Å². The van der Waals surface area contributed by atoms with Crippen molar-refractivity contribution in [3.05, 3.63) is 36.5 Å². The average Bonchev–Trinajstić information content (AvgIpc) is 2.01. The molecule has 0 nitrogen and oxygen atoms in total. The lowest BCUT2D eigenvalue weighted by Gasteiger charge is -1.95. The normalized spacial score (nSPS) is 15.4. The Kier molecular flexibility index (Phi) is 5.54. The molecule has 62 valence electrons. The maximum atomic E-state index is 3.71. The number of allylic oxidation sites excluding steroid dienone is 5. The molecule has 0 rings (SSSR count). The zero-order chi connectivity index (χ0) is 8.69. The average molecular weight is 150 g/mol. The van der Waals surface area contributed by atoms with E-state index >= 15 is 0 Å². The summed E-state index contributed by atoms with van der Waals surface area (Å²) in [5.41, 5.74) is 1.33. The maximum absolute atomic E-state index is 3.71. The van der Waals surface area contributed by atoms with Gasteiger partial charge in [0.15, 0.2) is 0 Å². The first-order chi connectivity index (χ1) is 5.20. The van der Waals surface area contributed by atoms with E-state index in [1.165, 1.54) is 5.57 Å². The molecule has 0 aromatic rings. The van der Waals surface area contributed by atoms with E-state index in [4.69, 9.17) is 0 Å². The molecule has 0 aliphatic heterocycles. The Morgan fingerprint density at radius 2 is 2.18 bits per heavy atom. The standard InChI is InChI=1S/C11H18/c1-5-7-11(4)9-8-10(3)6-2/h6-10H,2,5H2,1,3-4H3/b9-8-,11-7-. The monoisotopic (exact) mass is 150 g/mol. The van der Waals surface area contributed by atoms with Gasteiger partial charge in [-0.1, -0.05) is 43.7 Å². The Bertz CT molecular complexity index is 161. The number of hydrogen-bond acceptors (Lipinski definition) is 0. The zero-order valence-electron chi connectivity index (χ0n) is 7.80. The van der Waals surface area contributed by atoms with Gasteiger partial charge < -0.3 is 0 Å². The second-order valence-corrected chi connectivity index (χ2v) is 2.81. The fourth-order valence-electron chi connectivity index (χ4n) is 0.772. The fourth-order valence-corrected chi connectivity index (χ4v) is 0.772. The predicted molar refractivity (Wildman–Crippen MR) is 52.5 cm³/mol. The van der Waals surface area contributed by atoms with Crippen molar-refractivity contribution in [3.8, 4) is 0 Å². The molecule has 11 heavy (non-hydrogen) atoms. The van der Waals surface area contributed by atoms with E-state index in [0.717, 1.165) is 6.42 Å². The highest BCUT2D eigenvalue weighted by Crippen LogP contribution is 2.02. The van der Waals surface area contributed by atoms with Gasteiger partial charge >= 0.3 is 0 Å². The van der Waals surface area contributed by atoms with Gasteiger partial charge in [-0.3, -0.25) is 0 Å². The summed E-state index contributed by atoms with van der Waals surface area (Å²) in [6.45, 7) is 10.1. The molecule has 0 radical (unpaired) electrons. The molecule has 1 unspecified atom stereocenters. The fraction of sp³-hybridized carbons (Fsp3) is 0.455. The minimum Gasteiger partial charge on any atom is -0.102 e. The highest BCUT2D eigenvalue weighted by molar-refractivity contribution is 5.17. The molecular weight excluding hydrogens is 132 g/mol. The van der Waals surface area contributed by atoms with Crippen molar-refractivity contribution in [2.75, 3.05) is 0 Å². The smallest absolute Gasteiger partial charge is 0.00813 e. The van der Waals surface area contributed by atoms with Crippen molar-refractivity contribution in [3.63, 3.8) is 0 Å². The van der Waals surface area contributed by atoms with Gasteiger partial charge in [0.25, 0.3) is 0 Å². The predicted octanol–water partition coefficient (Wildman–Crippen LogP) is 3.72. The van der Waals surface area contributed by atoms with Gasteiger partial charge in [0, 0.05) is 0 Å². The highest BCUT2D eigenvalue weighted by atomic mass is 13.9. The molecule has 0 amide bonds. The minimum atomic E-state index is 0.482. The third-order valence-electron chi connectivity index (χ3n) is 1.56. The molecule has 0 aromatic carbocycles. The Hall–Kier alpha value is -0.780. The quantitative estimate of drug-likeness (QED) is 0.423. The van der Waals surface area contributed by atoms with Crippen molar-refractivity contribution < 1.29 is 0 Å². The van der Waals surface area contributed by atoms with Crippen LogP contribution < -0.4 is 0 Å². The summed E-state index contributed by atoms with van der Waals surface area (Å²) in [6, 6.07) is 0. The Morgan fingerprint density at radius 1 is 1.55 bits per heavy atom. The third-order valence-corrected chi connectivity index (χ3v) is 1.56. The van der Waals surface area contributed by atoms with Gasteiger partial charge in [-0.2, -0.15) is 0 Å². The number of rotatable bonds is 4. The van der Waals surface area contributed by atoms with E-state index in [1.54, 1.807) is 0 Å². The SMILES string of the molecule is C=CC(C)/C=C\C(C)=C/CC. The van der Waals surface area contributed by atoms with Gasteiger partial charge in [0.2, 0.25) is 0 Å². The van der Waals surface area contributed by atoms with Gasteiger partial charge in [-0.15, -0.1) is 6.58 Å². The van der Waals surface area contributed by atoms with Crippen molar-refractivity contribution >= 4 is 0 Å². The van der Waals surface area contributed by atoms with Crippen LogP contribution in [0.3, 0.4) is 0 Å². The van der Waals surface area contributed by atoms with Gasteiger partial charge in [0.05, 0.1) is 0 Å². The van der Waals surface area contributed by atoms with Crippen LogP contribution in [0.1, 0.15) is 27.2 Å². The maximum Gasteiger partial charge on any atom is -0.00813 e. The molecule has 0 heteroatoms. The van der Waals surface area contributed by atoms with E-state index in [2.05, 4.69) is 45.6 Å². The molecule has 0 aromatic heterocycles. The first-order valence-electron chi connectivity index (χ1n) is 4.18. The topological polar surface area (TPSA) is 0 Å². The summed E-state index contributed by atoms with van der Waals surface area (Å²) >= 11 is 0. The molecule has 0 aliphatic carbocycles. The molecule has 0 N–H and O–H groups in total. The van der Waals surface area contributed by atoms with Crippen LogP contribution in [0.25, 0.3) is 0 Å². The lowest BCUT2D eigenvalue weighted by Crippen LogP contribution is -1.80. The first-order valence-corrected chi connectivity index (χ1v) is 4.18. The summed E-state index contributed by atoms with van der Waals surface area (Å²) in [5, 5.41) is 0. The van der Waals surface area contributed by atoms with Crippen molar-refractivity contribution in [2.24, 2.45) is 5.92 Å². The lowest BCUT2D eigenvalue weighted by molar-refractivity contribution is 0.941. The molecule has 0 aliphatic rings. The molecule has 0 saturated heterocycles. The number of hydrogen-bond donors (Lipinski definition) is 0. The summed E-state index contributed by atoms with van der Waals surface area (Å²) < 4.78 is 0. The van der Waals surface area contributed by atoms with Crippen molar-refractivity contribution in [2.45, 2.75) is 27.2 Å². The van der Waals surface area contributed by atoms with Gasteiger partial charge in [-0.05, 0) is 19.3 Å². The summed E-state index contributed by atoms with van der Waals surface area (Å²) in [7, 11) is 0. The van der Waals surface area contributed by atoms with E-state index in [0.29, 0.717) is 5.92 Å².